The quantitative estimate of drug-likeness (QED) is 0.551. The molecule has 0 aliphatic rings. The highest BCUT2D eigenvalue weighted by molar-refractivity contribution is 7.19. The zero-order valence-corrected chi connectivity index (χ0v) is 15.5. The van der Waals surface area contributed by atoms with Gasteiger partial charge in [-0.25, -0.2) is 0 Å². The molecule has 4 rings (SSSR count). The lowest BCUT2D eigenvalue weighted by molar-refractivity contribution is 0.222. The van der Waals surface area contributed by atoms with E-state index in [1.807, 2.05) is 18.2 Å². The number of rotatable bonds is 3. The molecule has 0 bridgehead atoms. The largest absolute Gasteiger partial charge is 0.384 e. The van der Waals surface area contributed by atoms with E-state index in [-0.39, 0.29) is 5.56 Å². The van der Waals surface area contributed by atoms with Crippen LogP contribution in [-0.2, 0) is 0 Å². The first-order valence-corrected chi connectivity index (χ1v) is 9.37. The van der Waals surface area contributed by atoms with Gasteiger partial charge in [-0.3, -0.25) is 9.36 Å². The Morgan fingerprint density at radius 2 is 1.74 bits per heavy atom. The number of aliphatic hydroxyl groups excluding tert-OH is 1. The molecule has 1 atom stereocenters. The van der Waals surface area contributed by atoms with Gasteiger partial charge in [-0.2, -0.15) is 5.26 Å². The third-order valence-electron chi connectivity index (χ3n) is 4.36. The third kappa shape index (κ3) is 2.94. The molecule has 0 radical (unpaired) electrons. The maximum Gasteiger partial charge on any atom is 0.256 e. The van der Waals surface area contributed by atoms with E-state index in [0.29, 0.717) is 36.9 Å². The van der Waals surface area contributed by atoms with Gasteiger partial charge in [0.15, 0.2) is 0 Å². The first-order valence-electron chi connectivity index (χ1n) is 8.18. The monoisotopic (exact) mass is 392 g/mol. The van der Waals surface area contributed by atoms with Crippen molar-refractivity contribution in [2.24, 2.45) is 0 Å². The molecule has 0 aliphatic carbocycles. The van der Waals surface area contributed by atoms with Gasteiger partial charge in [-0.1, -0.05) is 54.1 Å². The Morgan fingerprint density at radius 1 is 1.04 bits per heavy atom. The van der Waals surface area contributed by atoms with E-state index < -0.39 is 6.10 Å². The Kier molecular flexibility index (Phi) is 4.54. The number of hydrogen-bond donors (Lipinski definition) is 1. The Labute approximate surface area is 164 Å². The zero-order chi connectivity index (χ0) is 19.0. The van der Waals surface area contributed by atoms with Crippen molar-refractivity contribution < 1.29 is 5.11 Å². The van der Waals surface area contributed by atoms with Gasteiger partial charge in [-0.05, 0) is 23.8 Å². The molecule has 0 saturated carbocycles. The van der Waals surface area contributed by atoms with Gasteiger partial charge >= 0.3 is 0 Å². The summed E-state index contributed by atoms with van der Waals surface area (Å²) in [5.74, 6) is 0. The second-order valence-electron chi connectivity index (χ2n) is 5.95. The number of benzene rings is 2. The van der Waals surface area contributed by atoms with Gasteiger partial charge < -0.3 is 5.11 Å². The number of para-hydroxylation sites is 1. The number of fused-ring (bicyclic) bond motifs is 1. The lowest BCUT2D eigenvalue weighted by atomic mass is 9.99. The summed E-state index contributed by atoms with van der Waals surface area (Å²) in [6, 6.07) is 21.4. The minimum Gasteiger partial charge on any atom is -0.384 e. The Balaban J connectivity index is 2.04. The highest BCUT2D eigenvalue weighted by Crippen LogP contribution is 2.38. The molecule has 0 amide bonds. The maximum absolute atomic E-state index is 12.6. The fraction of sp³-hybridized carbons (Fsp3) is 0.0476. The van der Waals surface area contributed by atoms with Crippen molar-refractivity contribution >= 4 is 33.2 Å². The van der Waals surface area contributed by atoms with Gasteiger partial charge in [0, 0.05) is 17.0 Å². The molecule has 132 valence electrons. The average Bonchev–Trinajstić information content (AvgIpc) is 3.07. The molecular weight excluding hydrogens is 380 g/mol. The van der Waals surface area contributed by atoms with Crippen LogP contribution in [-0.4, -0.2) is 9.67 Å². The molecule has 2 aromatic carbocycles. The van der Waals surface area contributed by atoms with Crippen LogP contribution in [0.15, 0.2) is 71.5 Å². The number of pyridine rings is 1. The fourth-order valence-electron chi connectivity index (χ4n) is 3.12. The molecule has 0 fully saturated rings. The van der Waals surface area contributed by atoms with Gasteiger partial charge in [0.25, 0.3) is 5.56 Å². The molecule has 1 N–H and O–H groups in total. The second-order valence-corrected chi connectivity index (χ2v) is 7.35. The van der Waals surface area contributed by atoms with E-state index in [1.165, 1.54) is 22.0 Å². The summed E-state index contributed by atoms with van der Waals surface area (Å²) in [5.41, 5.74) is 1.48. The Morgan fingerprint density at radius 3 is 2.44 bits per heavy atom. The van der Waals surface area contributed by atoms with Crippen LogP contribution in [0.1, 0.15) is 22.1 Å². The molecule has 27 heavy (non-hydrogen) atoms. The minimum atomic E-state index is -0.966. The summed E-state index contributed by atoms with van der Waals surface area (Å²) in [6.45, 7) is 0. The molecule has 2 aromatic heterocycles. The lowest BCUT2D eigenvalue weighted by Crippen LogP contribution is -2.17. The van der Waals surface area contributed by atoms with Gasteiger partial charge in [0.1, 0.15) is 21.9 Å². The van der Waals surface area contributed by atoms with Gasteiger partial charge in [0.05, 0.1) is 10.7 Å². The maximum atomic E-state index is 12.6. The van der Waals surface area contributed by atoms with Crippen LogP contribution in [0.3, 0.4) is 0 Å². The van der Waals surface area contributed by atoms with Crippen LogP contribution in [0, 0.1) is 11.3 Å². The smallest absolute Gasteiger partial charge is 0.256 e. The van der Waals surface area contributed by atoms with Gasteiger partial charge in [0.2, 0.25) is 0 Å². The predicted octanol–water partition coefficient (Wildman–Crippen LogP) is 4.66. The van der Waals surface area contributed by atoms with Crippen LogP contribution < -0.4 is 5.56 Å². The highest BCUT2D eigenvalue weighted by Gasteiger charge is 2.23. The first kappa shape index (κ1) is 17.5. The van der Waals surface area contributed by atoms with Crippen molar-refractivity contribution in [2.75, 3.05) is 0 Å². The summed E-state index contributed by atoms with van der Waals surface area (Å²) >= 11 is 7.47. The topological polar surface area (TPSA) is 66.0 Å². The number of nitriles is 1. The molecular formula is C21H13ClN2O2S. The second kappa shape index (κ2) is 7.01. The van der Waals surface area contributed by atoms with Crippen molar-refractivity contribution in [1.29, 1.82) is 5.26 Å². The molecule has 2 heterocycles. The van der Waals surface area contributed by atoms with Crippen LogP contribution in [0.5, 0.6) is 0 Å². The normalized spacial score (nSPS) is 12.0. The number of halogens is 1. The summed E-state index contributed by atoms with van der Waals surface area (Å²) in [7, 11) is 0. The van der Waals surface area contributed by atoms with Crippen LogP contribution in [0.4, 0.5) is 0 Å². The zero-order valence-electron chi connectivity index (χ0n) is 14.0. The van der Waals surface area contributed by atoms with E-state index in [4.69, 9.17) is 11.6 Å². The van der Waals surface area contributed by atoms with Gasteiger partial charge in [-0.15, -0.1) is 11.3 Å². The molecule has 1 unspecified atom stereocenters. The van der Waals surface area contributed by atoms with Crippen molar-refractivity contribution in [3.05, 3.63) is 98.1 Å². The summed E-state index contributed by atoms with van der Waals surface area (Å²) in [5, 5.41) is 21.6. The molecule has 6 heteroatoms. The standard InChI is InChI=1S/C21H13ClN2O2S/c22-15-8-4-5-9-16(15)24-18(25)11-10-14-19(17(12-23)27-21(14)24)20(26)13-6-2-1-3-7-13/h1-11,20,26H. The van der Waals surface area contributed by atoms with Crippen LogP contribution >= 0.6 is 22.9 Å². The van der Waals surface area contributed by atoms with E-state index in [1.54, 1.807) is 42.5 Å². The van der Waals surface area contributed by atoms with Crippen molar-refractivity contribution in [3.63, 3.8) is 0 Å². The van der Waals surface area contributed by atoms with E-state index in [2.05, 4.69) is 6.07 Å². The average molecular weight is 393 g/mol. The number of aromatic nitrogens is 1. The number of hydrogen-bond acceptors (Lipinski definition) is 4. The predicted molar refractivity (Wildman–Crippen MR) is 108 cm³/mol. The molecule has 0 spiro atoms. The number of thiophene rings is 1. The number of aliphatic hydroxyl groups is 1. The van der Waals surface area contributed by atoms with E-state index in [0.717, 1.165) is 0 Å². The Bertz CT molecular complexity index is 1240. The summed E-state index contributed by atoms with van der Waals surface area (Å²) < 4.78 is 1.49. The Hall–Kier alpha value is -2.91. The van der Waals surface area contributed by atoms with Crippen LogP contribution in [0.25, 0.3) is 15.9 Å². The van der Waals surface area contributed by atoms with Crippen molar-refractivity contribution in [1.82, 2.24) is 4.57 Å². The molecule has 0 aliphatic heterocycles. The molecule has 4 nitrogen and oxygen atoms in total. The minimum absolute atomic E-state index is 0.248. The summed E-state index contributed by atoms with van der Waals surface area (Å²) in [4.78, 5) is 13.5. The summed E-state index contributed by atoms with van der Waals surface area (Å²) in [6.07, 6.45) is -0.966. The fourth-order valence-corrected chi connectivity index (χ4v) is 4.48. The third-order valence-corrected chi connectivity index (χ3v) is 5.79. The number of nitrogens with zero attached hydrogens (tertiary/aromatic N) is 2. The van der Waals surface area contributed by atoms with Crippen molar-refractivity contribution in [2.45, 2.75) is 6.10 Å². The first-order chi connectivity index (χ1) is 13.1. The highest BCUT2D eigenvalue weighted by atomic mass is 35.5. The van der Waals surface area contributed by atoms with Crippen LogP contribution in [0.2, 0.25) is 5.02 Å². The lowest BCUT2D eigenvalue weighted by Gasteiger charge is -2.12. The van der Waals surface area contributed by atoms with E-state index >= 15 is 0 Å². The molecule has 0 saturated heterocycles. The SMILES string of the molecule is N#Cc1sc2c(ccc(=O)n2-c2ccccc2Cl)c1C(O)c1ccccc1. The van der Waals surface area contributed by atoms with E-state index in [9.17, 15) is 15.2 Å². The van der Waals surface area contributed by atoms with Crippen molar-refractivity contribution in [3.8, 4) is 11.8 Å². The molecule has 4 aromatic rings.